The van der Waals surface area contributed by atoms with E-state index in [1.54, 1.807) is 22.2 Å². The van der Waals surface area contributed by atoms with Gasteiger partial charge in [0.15, 0.2) is 0 Å². The SMILES string of the molecule is O=C(CCn1cnc2sc3c(c2c1=O)CCCC3)N1C[C@H]2CNC[C@H]2C1. The zero-order valence-electron chi connectivity index (χ0n) is 14.9. The van der Waals surface area contributed by atoms with Crippen LogP contribution in [-0.4, -0.2) is 46.5 Å². The van der Waals surface area contributed by atoms with Crippen LogP contribution in [-0.2, 0) is 24.2 Å². The summed E-state index contributed by atoms with van der Waals surface area (Å²) in [4.78, 5) is 34.2. The third-order valence-corrected chi connectivity index (χ3v) is 7.45. The number of nitrogens with zero attached hydrogens (tertiary/aromatic N) is 3. The minimum Gasteiger partial charge on any atom is -0.342 e. The molecule has 26 heavy (non-hydrogen) atoms. The van der Waals surface area contributed by atoms with Crippen LogP contribution in [0.5, 0.6) is 0 Å². The average Bonchev–Trinajstić information content (AvgIpc) is 3.33. The van der Waals surface area contributed by atoms with E-state index in [2.05, 4.69) is 10.3 Å². The quantitative estimate of drug-likeness (QED) is 0.885. The van der Waals surface area contributed by atoms with E-state index in [4.69, 9.17) is 0 Å². The molecule has 0 unspecified atom stereocenters. The van der Waals surface area contributed by atoms with Crippen molar-refractivity contribution in [3.63, 3.8) is 0 Å². The molecule has 1 N–H and O–H groups in total. The highest BCUT2D eigenvalue weighted by Gasteiger charge is 2.37. The third-order valence-electron chi connectivity index (χ3n) is 6.25. The summed E-state index contributed by atoms with van der Waals surface area (Å²) in [6.07, 6.45) is 6.42. The summed E-state index contributed by atoms with van der Waals surface area (Å²) >= 11 is 1.67. The molecule has 7 heteroatoms. The van der Waals surface area contributed by atoms with Gasteiger partial charge in [-0.1, -0.05) is 0 Å². The molecule has 2 atom stereocenters. The molecular weight excluding hydrogens is 348 g/mol. The lowest BCUT2D eigenvalue weighted by Gasteiger charge is -2.17. The van der Waals surface area contributed by atoms with Gasteiger partial charge in [-0.05, 0) is 43.1 Å². The second-order valence-electron chi connectivity index (χ2n) is 7.86. The molecule has 1 aliphatic carbocycles. The minimum atomic E-state index is 0.0321. The van der Waals surface area contributed by atoms with E-state index in [-0.39, 0.29) is 11.5 Å². The molecule has 2 fully saturated rings. The Labute approximate surface area is 156 Å². The van der Waals surface area contributed by atoms with E-state index in [9.17, 15) is 9.59 Å². The van der Waals surface area contributed by atoms with Crippen LogP contribution in [0.1, 0.15) is 29.7 Å². The molecule has 2 saturated heterocycles. The van der Waals surface area contributed by atoms with Crippen LogP contribution >= 0.6 is 11.3 Å². The van der Waals surface area contributed by atoms with E-state index >= 15 is 0 Å². The molecule has 6 nitrogen and oxygen atoms in total. The lowest BCUT2D eigenvalue weighted by Crippen LogP contribution is -2.33. The number of amides is 1. The van der Waals surface area contributed by atoms with Crippen LogP contribution in [0.3, 0.4) is 0 Å². The Hall–Kier alpha value is -1.73. The maximum atomic E-state index is 13.0. The number of nitrogens with one attached hydrogen (secondary N) is 1. The van der Waals surface area contributed by atoms with Crippen LogP contribution in [0.25, 0.3) is 10.2 Å². The summed E-state index contributed by atoms with van der Waals surface area (Å²) in [6.45, 7) is 4.20. The lowest BCUT2D eigenvalue weighted by atomic mass is 9.97. The summed E-state index contributed by atoms with van der Waals surface area (Å²) in [5.41, 5.74) is 1.25. The number of aryl methyl sites for hydroxylation is 3. The van der Waals surface area contributed by atoms with Crippen LogP contribution in [0.4, 0.5) is 0 Å². The number of hydrogen-bond acceptors (Lipinski definition) is 5. The molecular formula is C19H24N4O2S. The number of carbonyl (C=O) groups excluding carboxylic acids is 1. The van der Waals surface area contributed by atoms with Crippen molar-refractivity contribution in [3.05, 3.63) is 27.1 Å². The maximum Gasteiger partial charge on any atom is 0.262 e. The molecule has 2 aromatic rings. The first-order valence-corrected chi connectivity index (χ1v) is 10.5. The highest BCUT2D eigenvalue weighted by Crippen LogP contribution is 2.33. The Bertz CT molecular complexity index is 906. The van der Waals surface area contributed by atoms with Crippen molar-refractivity contribution < 1.29 is 4.79 Å². The molecule has 0 aromatic carbocycles. The highest BCUT2D eigenvalue weighted by atomic mass is 32.1. The molecule has 0 spiro atoms. The van der Waals surface area contributed by atoms with Crippen LogP contribution < -0.4 is 10.9 Å². The molecule has 4 heterocycles. The van der Waals surface area contributed by atoms with Crippen molar-refractivity contribution in [1.82, 2.24) is 19.8 Å². The molecule has 3 aliphatic rings. The lowest BCUT2D eigenvalue weighted by molar-refractivity contribution is -0.130. The van der Waals surface area contributed by atoms with Crippen molar-refractivity contribution in [2.24, 2.45) is 11.8 Å². The molecule has 1 amide bonds. The molecule has 0 bridgehead atoms. The number of likely N-dealkylation sites (tertiary alicyclic amines) is 1. The zero-order chi connectivity index (χ0) is 17.7. The highest BCUT2D eigenvalue weighted by molar-refractivity contribution is 7.18. The van der Waals surface area contributed by atoms with Crippen molar-refractivity contribution >= 4 is 27.5 Å². The van der Waals surface area contributed by atoms with Gasteiger partial charge in [0.05, 0.1) is 11.7 Å². The first-order chi connectivity index (χ1) is 12.7. The summed E-state index contributed by atoms with van der Waals surface area (Å²) in [5, 5.41) is 4.20. The summed E-state index contributed by atoms with van der Waals surface area (Å²) in [6, 6.07) is 0. The smallest absolute Gasteiger partial charge is 0.262 e. The van der Waals surface area contributed by atoms with Gasteiger partial charge in [0.25, 0.3) is 5.56 Å². The minimum absolute atomic E-state index is 0.0321. The number of fused-ring (bicyclic) bond motifs is 4. The van der Waals surface area contributed by atoms with Crippen molar-refractivity contribution in [2.75, 3.05) is 26.2 Å². The second kappa shape index (κ2) is 6.46. The molecule has 138 valence electrons. The van der Waals surface area contributed by atoms with Crippen molar-refractivity contribution in [2.45, 2.75) is 38.6 Å². The van der Waals surface area contributed by atoms with Gasteiger partial charge in [-0.2, -0.15) is 0 Å². The first-order valence-electron chi connectivity index (χ1n) is 9.69. The van der Waals surface area contributed by atoms with Gasteiger partial charge in [0, 0.05) is 44.0 Å². The van der Waals surface area contributed by atoms with E-state index in [1.165, 1.54) is 16.9 Å². The molecule has 2 aliphatic heterocycles. The maximum absolute atomic E-state index is 13.0. The number of hydrogen-bond donors (Lipinski definition) is 1. The Kier molecular flexibility index (Phi) is 4.09. The van der Waals surface area contributed by atoms with Gasteiger partial charge in [0.2, 0.25) is 5.91 Å². The van der Waals surface area contributed by atoms with E-state index in [0.29, 0.717) is 24.8 Å². The van der Waals surface area contributed by atoms with Crippen LogP contribution in [0.15, 0.2) is 11.1 Å². The topological polar surface area (TPSA) is 67.2 Å². The second-order valence-corrected chi connectivity index (χ2v) is 8.94. The normalized spacial score (nSPS) is 24.8. The molecule has 0 saturated carbocycles. The van der Waals surface area contributed by atoms with Gasteiger partial charge >= 0.3 is 0 Å². The Morgan fingerprint density at radius 1 is 1.23 bits per heavy atom. The molecule has 0 radical (unpaired) electrons. The molecule has 5 rings (SSSR count). The molecule has 2 aromatic heterocycles. The first kappa shape index (κ1) is 16.4. The summed E-state index contributed by atoms with van der Waals surface area (Å²) < 4.78 is 1.64. The van der Waals surface area contributed by atoms with E-state index in [1.807, 2.05) is 4.90 Å². The van der Waals surface area contributed by atoms with Crippen molar-refractivity contribution in [3.8, 4) is 0 Å². The van der Waals surface area contributed by atoms with Gasteiger partial charge in [-0.15, -0.1) is 11.3 Å². The van der Waals surface area contributed by atoms with Gasteiger partial charge in [-0.25, -0.2) is 4.98 Å². The average molecular weight is 372 g/mol. The Balaban J connectivity index is 1.33. The number of rotatable bonds is 3. The monoisotopic (exact) mass is 372 g/mol. The predicted octanol–water partition coefficient (Wildman–Crippen LogP) is 1.40. The third kappa shape index (κ3) is 2.68. The fraction of sp³-hybridized carbons (Fsp3) is 0.632. The van der Waals surface area contributed by atoms with Gasteiger partial charge < -0.3 is 10.2 Å². The fourth-order valence-electron chi connectivity index (χ4n) is 4.77. The Morgan fingerprint density at radius 2 is 2.00 bits per heavy atom. The predicted molar refractivity (Wildman–Crippen MR) is 102 cm³/mol. The van der Waals surface area contributed by atoms with E-state index < -0.39 is 0 Å². The number of thiophene rings is 1. The summed E-state index contributed by atoms with van der Waals surface area (Å²) in [5.74, 6) is 1.38. The van der Waals surface area contributed by atoms with Gasteiger partial charge in [-0.3, -0.25) is 14.2 Å². The van der Waals surface area contributed by atoms with E-state index in [0.717, 1.165) is 55.7 Å². The fourth-order valence-corrected chi connectivity index (χ4v) is 5.99. The van der Waals surface area contributed by atoms with Crippen molar-refractivity contribution in [1.29, 1.82) is 0 Å². The summed E-state index contributed by atoms with van der Waals surface area (Å²) in [7, 11) is 0. The Morgan fingerprint density at radius 3 is 2.81 bits per heavy atom. The standard InChI is InChI=1S/C19H24N4O2S/c24-16(23-9-12-7-20-8-13(12)10-23)5-6-22-11-21-18-17(19(22)25)14-3-1-2-4-15(14)26-18/h11-13,20H,1-10H2/t12-,13+. The number of aromatic nitrogens is 2. The number of carbonyl (C=O) groups is 1. The van der Waals surface area contributed by atoms with Gasteiger partial charge in [0.1, 0.15) is 4.83 Å². The van der Waals surface area contributed by atoms with Crippen LogP contribution in [0.2, 0.25) is 0 Å². The van der Waals surface area contributed by atoms with Crippen LogP contribution in [0, 0.1) is 11.8 Å². The largest absolute Gasteiger partial charge is 0.342 e. The zero-order valence-corrected chi connectivity index (χ0v) is 15.7.